The Morgan fingerprint density at radius 3 is 2.65 bits per heavy atom. The number of fused-ring (bicyclic) bond motifs is 1. The monoisotopic (exact) mass is 547 g/mol. The first kappa shape index (κ1) is 28.1. The topological polar surface area (TPSA) is 98.5 Å². The standard InChI is InChI=1S/C31H41N5O4/c1-5-26(31(39)40-25-9-6-10-25)32-16-22-11-12-28-27(15-22)33-29(24-14-20(2)30(38)34(4)19-24)36(28)18-23-8-7-13-35(17-23)21(3)37/h11-12,14-15,19,23,25-26,32H,5-10,13,16-18H2,1-4H3/t23-,26+/m1/s1. The molecule has 0 bridgehead atoms. The molecule has 2 fully saturated rings. The molecule has 1 aliphatic carbocycles. The minimum Gasteiger partial charge on any atom is -0.461 e. The summed E-state index contributed by atoms with van der Waals surface area (Å²) in [7, 11) is 1.77. The number of pyridine rings is 1. The summed E-state index contributed by atoms with van der Waals surface area (Å²) >= 11 is 0. The van der Waals surface area contributed by atoms with Gasteiger partial charge in [-0.2, -0.15) is 0 Å². The van der Waals surface area contributed by atoms with Gasteiger partial charge in [-0.15, -0.1) is 0 Å². The molecule has 2 atom stereocenters. The highest BCUT2D eigenvalue weighted by atomic mass is 16.5. The van der Waals surface area contributed by atoms with Gasteiger partial charge in [-0.25, -0.2) is 4.98 Å². The van der Waals surface area contributed by atoms with Crippen molar-refractivity contribution in [3.05, 3.63) is 51.9 Å². The number of hydrogen-bond acceptors (Lipinski definition) is 6. The van der Waals surface area contributed by atoms with Crippen LogP contribution in [0.25, 0.3) is 22.4 Å². The van der Waals surface area contributed by atoms with E-state index < -0.39 is 0 Å². The van der Waals surface area contributed by atoms with Crippen LogP contribution in [0.1, 0.15) is 63.5 Å². The van der Waals surface area contributed by atoms with Crippen LogP contribution in [-0.4, -0.2) is 56.1 Å². The van der Waals surface area contributed by atoms with Gasteiger partial charge in [-0.05, 0) is 75.1 Å². The lowest BCUT2D eigenvalue weighted by Crippen LogP contribution is -2.40. The van der Waals surface area contributed by atoms with E-state index in [1.165, 1.54) is 0 Å². The van der Waals surface area contributed by atoms with Crippen LogP contribution >= 0.6 is 0 Å². The highest BCUT2D eigenvalue weighted by Crippen LogP contribution is 2.29. The molecule has 1 amide bonds. The molecule has 1 saturated heterocycles. The molecule has 0 unspecified atom stereocenters. The Morgan fingerprint density at radius 2 is 1.98 bits per heavy atom. The van der Waals surface area contributed by atoms with Crippen molar-refractivity contribution in [1.29, 1.82) is 0 Å². The molecule has 1 aliphatic heterocycles. The molecule has 214 valence electrons. The minimum atomic E-state index is -0.339. The summed E-state index contributed by atoms with van der Waals surface area (Å²) in [6.45, 7) is 8.27. The first-order valence-corrected chi connectivity index (χ1v) is 14.6. The second kappa shape index (κ2) is 12.0. The number of imidazole rings is 1. The molecule has 5 rings (SSSR count). The fourth-order valence-corrected chi connectivity index (χ4v) is 5.82. The van der Waals surface area contributed by atoms with Crippen LogP contribution in [0.4, 0.5) is 0 Å². The van der Waals surface area contributed by atoms with Gasteiger partial charge in [0.25, 0.3) is 5.56 Å². The molecule has 0 spiro atoms. The lowest BCUT2D eigenvalue weighted by atomic mass is 9.96. The predicted molar refractivity (Wildman–Crippen MR) is 155 cm³/mol. The summed E-state index contributed by atoms with van der Waals surface area (Å²) in [6.07, 6.45) is 7.68. The van der Waals surface area contributed by atoms with Crippen molar-refractivity contribution in [3.8, 4) is 11.4 Å². The highest BCUT2D eigenvalue weighted by molar-refractivity contribution is 5.81. The number of carbonyl (C=O) groups excluding carboxylic acids is 2. The fraction of sp³-hybridized carbons (Fsp3) is 0.548. The van der Waals surface area contributed by atoms with Crippen LogP contribution in [-0.2, 0) is 34.5 Å². The maximum atomic E-state index is 12.6. The van der Waals surface area contributed by atoms with Crippen molar-refractivity contribution >= 4 is 22.9 Å². The third kappa shape index (κ3) is 5.99. The van der Waals surface area contributed by atoms with Crippen molar-refractivity contribution in [2.24, 2.45) is 13.0 Å². The van der Waals surface area contributed by atoms with Crippen molar-refractivity contribution in [2.75, 3.05) is 13.1 Å². The number of esters is 1. The Labute approximate surface area is 235 Å². The van der Waals surface area contributed by atoms with E-state index in [1.54, 1.807) is 18.5 Å². The number of aryl methyl sites for hydroxylation is 2. The number of rotatable bonds is 9. The fourth-order valence-electron chi connectivity index (χ4n) is 5.82. The third-order valence-corrected chi connectivity index (χ3v) is 8.42. The van der Waals surface area contributed by atoms with Crippen LogP contribution in [0.15, 0.2) is 35.3 Å². The van der Waals surface area contributed by atoms with Crippen LogP contribution < -0.4 is 10.9 Å². The summed E-state index contributed by atoms with van der Waals surface area (Å²) in [5.41, 5.74) is 4.45. The largest absolute Gasteiger partial charge is 0.461 e. The molecule has 9 nitrogen and oxygen atoms in total. The summed E-state index contributed by atoms with van der Waals surface area (Å²) in [6, 6.07) is 7.82. The molecule has 1 aromatic carbocycles. The molecule has 2 aromatic heterocycles. The van der Waals surface area contributed by atoms with E-state index in [0.29, 0.717) is 24.4 Å². The number of aromatic nitrogens is 3. The number of carbonyl (C=O) groups is 2. The number of ether oxygens (including phenoxy) is 1. The molecule has 3 heterocycles. The minimum absolute atomic E-state index is 0.0227. The number of amides is 1. The molecule has 0 radical (unpaired) electrons. The third-order valence-electron chi connectivity index (χ3n) is 8.42. The van der Waals surface area contributed by atoms with E-state index in [-0.39, 0.29) is 29.6 Å². The van der Waals surface area contributed by atoms with E-state index in [9.17, 15) is 14.4 Å². The summed E-state index contributed by atoms with van der Waals surface area (Å²) in [5.74, 6) is 1.08. The molecule has 1 N–H and O–H groups in total. The van der Waals surface area contributed by atoms with Crippen LogP contribution in [0.3, 0.4) is 0 Å². The van der Waals surface area contributed by atoms with Gasteiger partial charge in [0.1, 0.15) is 18.0 Å². The molecule has 40 heavy (non-hydrogen) atoms. The first-order chi connectivity index (χ1) is 19.2. The number of hydrogen-bond donors (Lipinski definition) is 1. The summed E-state index contributed by atoms with van der Waals surface area (Å²) in [5, 5.41) is 3.37. The smallest absolute Gasteiger partial charge is 0.323 e. The van der Waals surface area contributed by atoms with Crippen molar-refractivity contribution < 1.29 is 14.3 Å². The Hall–Kier alpha value is -3.46. The zero-order valence-electron chi connectivity index (χ0n) is 24.1. The van der Waals surface area contributed by atoms with Crippen LogP contribution in [0, 0.1) is 12.8 Å². The average Bonchev–Trinajstić information content (AvgIpc) is 3.27. The zero-order chi connectivity index (χ0) is 28.4. The Balaban J connectivity index is 1.43. The van der Waals surface area contributed by atoms with E-state index in [2.05, 4.69) is 28.1 Å². The first-order valence-electron chi connectivity index (χ1n) is 14.6. The van der Waals surface area contributed by atoms with E-state index in [1.807, 2.05) is 31.0 Å². The second-order valence-corrected chi connectivity index (χ2v) is 11.5. The van der Waals surface area contributed by atoms with Gasteiger partial charge in [-0.3, -0.25) is 14.4 Å². The summed E-state index contributed by atoms with van der Waals surface area (Å²) < 4.78 is 9.47. The predicted octanol–water partition coefficient (Wildman–Crippen LogP) is 3.93. The van der Waals surface area contributed by atoms with Crippen LogP contribution in [0.2, 0.25) is 0 Å². The number of benzene rings is 1. The number of likely N-dealkylation sites (tertiary alicyclic amines) is 1. The van der Waals surface area contributed by atoms with Gasteiger partial charge in [0.05, 0.1) is 11.0 Å². The number of nitrogens with zero attached hydrogens (tertiary/aromatic N) is 4. The molecular formula is C31H41N5O4. The normalized spacial score (nSPS) is 18.5. The summed E-state index contributed by atoms with van der Waals surface area (Å²) in [4.78, 5) is 44.1. The van der Waals surface area contributed by atoms with Crippen molar-refractivity contribution in [2.45, 2.75) is 84.5 Å². The lowest BCUT2D eigenvalue weighted by Gasteiger charge is -2.32. The van der Waals surface area contributed by atoms with Gasteiger partial charge < -0.3 is 24.1 Å². The molecule has 2 aliphatic rings. The number of piperidine rings is 1. The zero-order valence-corrected chi connectivity index (χ0v) is 24.1. The maximum Gasteiger partial charge on any atom is 0.323 e. The quantitative estimate of drug-likeness (QED) is 0.408. The maximum absolute atomic E-state index is 12.6. The molecular weight excluding hydrogens is 506 g/mol. The van der Waals surface area contributed by atoms with E-state index in [4.69, 9.17) is 9.72 Å². The van der Waals surface area contributed by atoms with Crippen molar-refractivity contribution in [3.63, 3.8) is 0 Å². The Morgan fingerprint density at radius 1 is 1.18 bits per heavy atom. The van der Waals surface area contributed by atoms with E-state index in [0.717, 1.165) is 79.7 Å². The highest BCUT2D eigenvalue weighted by Gasteiger charge is 2.27. The lowest BCUT2D eigenvalue weighted by molar-refractivity contribution is -0.155. The van der Waals surface area contributed by atoms with Crippen molar-refractivity contribution in [1.82, 2.24) is 24.3 Å². The second-order valence-electron chi connectivity index (χ2n) is 11.5. The average molecular weight is 548 g/mol. The Kier molecular flexibility index (Phi) is 8.40. The Bertz CT molecular complexity index is 1430. The molecule has 3 aromatic rings. The SMILES string of the molecule is CC[C@H](NCc1ccc2c(c1)nc(-c1cc(C)c(=O)n(C)c1)n2C[C@@H]1CCCN(C(C)=O)C1)C(=O)OC1CCC1. The van der Waals surface area contributed by atoms with Gasteiger partial charge in [0.2, 0.25) is 5.91 Å². The molecule has 9 heteroatoms. The van der Waals surface area contributed by atoms with Gasteiger partial charge in [0.15, 0.2) is 0 Å². The van der Waals surface area contributed by atoms with Gasteiger partial charge in [-0.1, -0.05) is 13.0 Å². The number of nitrogens with one attached hydrogen (secondary N) is 1. The van der Waals surface area contributed by atoms with E-state index >= 15 is 0 Å². The van der Waals surface area contributed by atoms with Gasteiger partial charge in [0, 0.05) is 57.5 Å². The van der Waals surface area contributed by atoms with Gasteiger partial charge >= 0.3 is 5.97 Å². The molecule has 1 saturated carbocycles. The van der Waals surface area contributed by atoms with Crippen LogP contribution in [0.5, 0.6) is 0 Å².